The Hall–Kier alpha value is -1.62. The molecule has 88 valence electrons. The Balaban J connectivity index is 3.49. The van der Waals surface area contributed by atoms with E-state index in [1.807, 2.05) is 0 Å². The lowest BCUT2D eigenvalue weighted by molar-refractivity contribution is 0.0593. The number of rotatable bonds is 3. The zero-order valence-corrected chi connectivity index (χ0v) is 9.79. The molecule has 0 aliphatic carbocycles. The van der Waals surface area contributed by atoms with E-state index in [0.29, 0.717) is 0 Å². The molecule has 1 aromatic carbocycles. The Morgan fingerprint density at radius 1 is 1.31 bits per heavy atom. The van der Waals surface area contributed by atoms with Crippen molar-refractivity contribution in [2.24, 2.45) is 0 Å². The zero-order chi connectivity index (χ0) is 12.3. The fourth-order valence-corrected chi connectivity index (χ4v) is 1.54. The van der Waals surface area contributed by atoms with Gasteiger partial charge in [-0.15, -0.1) is 0 Å². The molecule has 0 radical (unpaired) electrons. The second-order valence-corrected chi connectivity index (χ2v) is 3.19. The maximum absolute atomic E-state index is 11.4. The molecule has 1 rings (SSSR count). The van der Waals surface area contributed by atoms with E-state index in [0.717, 1.165) is 0 Å². The lowest BCUT2D eigenvalue weighted by Gasteiger charge is -2.13. The highest BCUT2D eigenvalue weighted by Crippen LogP contribution is 2.42. The third-order valence-electron chi connectivity index (χ3n) is 1.98. The van der Waals surface area contributed by atoms with Gasteiger partial charge in [-0.2, -0.15) is 0 Å². The smallest absolute Gasteiger partial charge is 0.345 e. The zero-order valence-electron chi connectivity index (χ0n) is 9.04. The van der Waals surface area contributed by atoms with Crippen molar-refractivity contribution < 1.29 is 24.1 Å². The van der Waals surface area contributed by atoms with Gasteiger partial charge < -0.3 is 19.3 Å². The minimum Gasteiger partial charge on any atom is -0.507 e. The molecule has 0 saturated carbocycles. The molecule has 0 unspecified atom stereocenters. The molecule has 0 amide bonds. The number of ether oxygens (including phenoxy) is 3. The van der Waals surface area contributed by atoms with Crippen molar-refractivity contribution in [1.29, 1.82) is 0 Å². The van der Waals surface area contributed by atoms with Gasteiger partial charge in [-0.1, -0.05) is 11.6 Å². The summed E-state index contributed by atoms with van der Waals surface area (Å²) in [5.41, 5.74) is -0.129. The maximum atomic E-state index is 11.4. The summed E-state index contributed by atoms with van der Waals surface area (Å²) in [4.78, 5) is 11.4. The average Bonchev–Trinajstić information content (AvgIpc) is 2.29. The lowest BCUT2D eigenvalue weighted by atomic mass is 10.1. The number of carbonyl (C=O) groups is 1. The first-order valence-electron chi connectivity index (χ1n) is 4.28. The third kappa shape index (κ3) is 1.99. The largest absolute Gasteiger partial charge is 0.507 e. The topological polar surface area (TPSA) is 65.0 Å². The summed E-state index contributed by atoms with van der Waals surface area (Å²) >= 11 is 5.92. The molecule has 0 aliphatic rings. The normalized spacial score (nSPS) is 9.75. The van der Waals surface area contributed by atoms with Crippen molar-refractivity contribution in [1.82, 2.24) is 0 Å². The Morgan fingerprint density at radius 3 is 2.38 bits per heavy atom. The van der Waals surface area contributed by atoms with Gasteiger partial charge in [0.25, 0.3) is 0 Å². The molecule has 5 nitrogen and oxygen atoms in total. The van der Waals surface area contributed by atoms with Gasteiger partial charge in [0.2, 0.25) is 0 Å². The van der Waals surface area contributed by atoms with E-state index in [9.17, 15) is 9.90 Å². The van der Waals surface area contributed by atoms with Gasteiger partial charge in [0, 0.05) is 6.07 Å². The van der Waals surface area contributed by atoms with Crippen LogP contribution in [0.3, 0.4) is 0 Å². The van der Waals surface area contributed by atoms with Crippen molar-refractivity contribution in [2.45, 2.75) is 0 Å². The number of carbonyl (C=O) groups excluding carboxylic acids is 1. The first kappa shape index (κ1) is 12.4. The van der Waals surface area contributed by atoms with Crippen molar-refractivity contribution >= 4 is 17.6 Å². The fourth-order valence-electron chi connectivity index (χ4n) is 1.24. The molecule has 16 heavy (non-hydrogen) atoms. The highest BCUT2D eigenvalue weighted by atomic mass is 35.5. The summed E-state index contributed by atoms with van der Waals surface area (Å²) in [7, 11) is 3.91. The van der Waals surface area contributed by atoms with Crippen LogP contribution in [0.4, 0.5) is 0 Å². The van der Waals surface area contributed by atoms with E-state index in [-0.39, 0.29) is 27.8 Å². The van der Waals surface area contributed by atoms with Crippen LogP contribution in [0, 0.1) is 0 Å². The van der Waals surface area contributed by atoms with Crippen LogP contribution in [-0.4, -0.2) is 32.4 Å². The number of aromatic hydroxyl groups is 1. The highest BCUT2D eigenvalue weighted by Gasteiger charge is 2.24. The molecule has 0 saturated heterocycles. The van der Waals surface area contributed by atoms with Crippen LogP contribution in [0.1, 0.15) is 10.4 Å². The van der Waals surface area contributed by atoms with E-state index >= 15 is 0 Å². The summed E-state index contributed by atoms with van der Waals surface area (Å²) in [5.74, 6) is -0.821. The first-order valence-corrected chi connectivity index (χ1v) is 4.66. The standard InChI is InChI=1S/C10H11ClO5/c1-14-6-4-5(12)7(10(13)16-3)9(15-2)8(6)11/h4,12H,1-3H3. The van der Waals surface area contributed by atoms with E-state index in [1.54, 1.807) is 0 Å². The van der Waals surface area contributed by atoms with Crippen LogP contribution < -0.4 is 9.47 Å². The molecule has 0 spiro atoms. The maximum Gasteiger partial charge on any atom is 0.345 e. The summed E-state index contributed by atoms with van der Waals surface area (Å²) in [6.07, 6.45) is 0. The van der Waals surface area contributed by atoms with Gasteiger partial charge in [0.1, 0.15) is 22.1 Å². The number of esters is 1. The van der Waals surface area contributed by atoms with Gasteiger partial charge >= 0.3 is 5.97 Å². The second kappa shape index (κ2) is 4.94. The van der Waals surface area contributed by atoms with Crippen LogP contribution in [0.15, 0.2) is 6.07 Å². The molecule has 0 fully saturated rings. The second-order valence-electron chi connectivity index (χ2n) is 2.81. The molecule has 1 aromatic rings. The molecule has 0 aliphatic heterocycles. The molecular formula is C10H11ClO5. The summed E-state index contributed by atoms with van der Waals surface area (Å²) in [6, 6.07) is 1.22. The highest BCUT2D eigenvalue weighted by molar-refractivity contribution is 6.34. The predicted molar refractivity (Wildman–Crippen MR) is 57.6 cm³/mol. The lowest BCUT2D eigenvalue weighted by Crippen LogP contribution is -2.05. The summed E-state index contributed by atoms with van der Waals surface area (Å²) in [6.45, 7) is 0. The van der Waals surface area contributed by atoms with Crippen molar-refractivity contribution in [3.8, 4) is 17.2 Å². The van der Waals surface area contributed by atoms with Crippen LogP contribution in [0.25, 0.3) is 0 Å². The number of phenols is 1. The summed E-state index contributed by atoms with van der Waals surface area (Å²) in [5, 5.41) is 9.74. The summed E-state index contributed by atoms with van der Waals surface area (Å²) < 4.78 is 14.4. The van der Waals surface area contributed by atoms with Crippen molar-refractivity contribution in [3.63, 3.8) is 0 Å². The average molecular weight is 247 g/mol. The number of benzene rings is 1. The molecule has 6 heteroatoms. The van der Waals surface area contributed by atoms with Gasteiger partial charge in [-0.05, 0) is 0 Å². The first-order chi connectivity index (χ1) is 7.56. The quantitative estimate of drug-likeness (QED) is 0.825. The van der Waals surface area contributed by atoms with Crippen molar-refractivity contribution in [3.05, 3.63) is 16.7 Å². The number of halogens is 1. The van der Waals surface area contributed by atoms with Gasteiger partial charge in [0.15, 0.2) is 5.75 Å². The van der Waals surface area contributed by atoms with Crippen LogP contribution in [0.5, 0.6) is 17.2 Å². The van der Waals surface area contributed by atoms with Gasteiger partial charge in [0.05, 0.1) is 21.3 Å². The Bertz CT molecular complexity index is 416. The third-order valence-corrected chi connectivity index (χ3v) is 2.34. The molecule has 1 N–H and O–H groups in total. The number of methoxy groups -OCH3 is 3. The Labute approximate surface area is 97.5 Å². The van der Waals surface area contributed by atoms with Gasteiger partial charge in [-0.25, -0.2) is 4.79 Å². The molecular weight excluding hydrogens is 236 g/mol. The Kier molecular flexibility index (Phi) is 3.84. The molecule has 0 bridgehead atoms. The van der Waals surface area contributed by atoms with Crippen molar-refractivity contribution in [2.75, 3.05) is 21.3 Å². The van der Waals surface area contributed by atoms with E-state index in [1.165, 1.54) is 27.4 Å². The monoisotopic (exact) mass is 246 g/mol. The fraction of sp³-hybridized carbons (Fsp3) is 0.300. The van der Waals surface area contributed by atoms with E-state index in [4.69, 9.17) is 21.1 Å². The SMILES string of the molecule is COC(=O)c1c(O)cc(OC)c(Cl)c1OC. The van der Waals surface area contributed by atoms with Crippen LogP contribution >= 0.6 is 11.6 Å². The van der Waals surface area contributed by atoms with E-state index < -0.39 is 5.97 Å². The molecule has 0 aromatic heterocycles. The minimum absolute atomic E-state index is 0.0189. The minimum atomic E-state index is -0.737. The van der Waals surface area contributed by atoms with Crippen LogP contribution in [0.2, 0.25) is 5.02 Å². The number of hydrogen-bond acceptors (Lipinski definition) is 5. The van der Waals surface area contributed by atoms with Gasteiger partial charge in [-0.3, -0.25) is 0 Å². The Morgan fingerprint density at radius 2 is 1.94 bits per heavy atom. The molecule has 0 heterocycles. The predicted octanol–water partition coefficient (Wildman–Crippen LogP) is 1.85. The number of hydrogen-bond donors (Lipinski definition) is 1. The number of phenolic OH excluding ortho intramolecular Hbond substituents is 1. The van der Waals surface area contributed by atoms with Crippen LogP contribution in [-0.2, 0) is 4.74 Å². The van der Waals surface area contributed by atoms with E-state index in [2.05, 4.69) is 4.74 Å². The molecule has 0 atom stereocenters.